The summed E-state index contributed by atoms with van der Waals surface area (Å²) in [7, 11) is 3.13. The predicted molar refractivity (Wildman–Crippen MR) is 78.5 cm³/mol. The van der Waals surface area contributed by atoms with Crippen LogP contribution in [-0.2, 0) is 11.2 Å². The van der Waals surface area contributed by atoms with Gasteiger partial charge in [0.1, 0.15) is 17.8 Å². The Bertz CT molecular complexity index is 602. The fourth-order valence-electron chi connectivity index (χ4n) is 1.83. The number of benzene rings is 1. The number of nitrogens with one attached hydrogen (secondary N) is 1. The number of hydrogen-bond donors (Lipinski definition) is 1. The third kappa shape index (κ3) is 4.17. The van der Waals surface area contributed by atoms with Crippen LogP contribution in [-0.4, -0.2) is 30.1 Å². The van der Waals surface area contributed by atoms with Crippen LogP contribution in [0.25, 0.3) is 0 Å². The summed E-state index contributed by atoms with van der Waals surface area (Å²) < 4.78 is 10.4. The average molecular weight is 287 g/mol. The Labute approximate surface area is 123 Å². The number of anilines is 1. The molecule has 110 valence electrons. The average Bonchev–Trinajstić information content (AvgIpc) is 2.54. The van der Waals surface area contributed by atoms with E-state index in [9.17, 15) is 4.79 Å². The topological polar surface area (TPSA) is 73.3 Å². The molecule has 0 atom stereocenters. The summed E-state index contributed by atoms with van der Waals surface area (Å²) in [4.78, 5) is 19.8. The molecule has 6 nitrogen and oxygen atoms in total. The first-order chi connectivity index (χ1) is 10.2. The van der Waals surface area contributed by atoms with Gasteiger partial charge in [-0.05, 0) is 24.1 Å². The summed E-state index contributed by atoms with van der Waals surface area (Å²) in [5, 5.41) is 2.82. The maximum atomic E-state index is 12.0. The molecule has 0 aliphatic rings. The maximum Gasteiger partial charge on any atom is 0.224 e. The summed E-state index contributed by atoms with van der Waals surface area (Å²) in [5.74, 6) is 1.14. The van der Waals surface area contributed by atoms with E-state index >= 15 is 0 Å². The second-order valence-corrected chi connectivity index (χ2v) is 4.36. The first kappa shape index (κ1) is 14.8. The van der Waals surface area contributed by atoms with Gasteiger partial charge in [-0.3, -0.25) is 4.79 Å². The lowest BCUT2D eigenvalue weighted by atomic mass is 10.2. The fraction of sp³-hybridized carbons (Fsp3) is 0.267. The van der Waals surface area contributed by atoms with Crippen LogP contribution in [0.4, 0.5) is 5.69 Å². The zero-order chi connectivity index (χ0) is 15.1. The molecule has 1 amide bonds. The number of amides is 1. The highest BCUT2D eigenvalue weighted by molar-refractivity contribution is 5.92. The van der Waals surface area contributed by atoms with E-state index in [1.54, 1.807) is 44.8 Å². The Morgan fingerprint density at radius 1 is 1.19 bits per heavy atom. The summed E-state index contributed by atoms with van der Waals surface area (Å²) >= 11 is 0. The monoisotopic (exact) mass is 287 g/mol. The molecule has 2 rings (SSSR count). The molecule has 2 aromatic rings. The molecule has 0 aliphatic carbocycles. The molecule has 0 saturated carbocycles. The van der Waals surface area contributed by atoms with E-state index in [0.717, 1.165) is 5.56 Å². The number of aryl methyl sites for hydroxylation is 1. The molecule has 21 heavy (non-hydrogen) atoms. The molecule has 1 aromatic carbocycles. The Balaban J connectivity index is 1.96. The molecule has 0 saturated heterocycles. The van der Waals surface area contributed by atoms with Crippen LogP contribution in [0.2, 0.25) is 0 Å². The van der Waals surface area contributed by atoms with E-state index in [1.807, 2.05) is 0 Å². The molecule has 0 radical (unpaired) electrons. The normalized spacial score (nSPS) is 10.0. The quantitative estimate of drug-likeness (QED) is 0.880. The summed E-state index contributed by atoms with van der Waals surface area (Å²) in [6, 6.07) is 5.24. The van der Waals surface area contributed by atoms with E-state index in [1.165, 1.54) is 6.33 Å². The van der Waals surface area contributed by atoms with Crippen molar-refractivity contribution in [3.05, 3.63) is 42.5 Å². The SMILES string of the molecule is COc1ccc(NC(=O)CCc2cncnc2)c(OC)c1. The lowest BCUT2D eigenvalue weighted by molar-refractivity contribution is -0.116. The third-order valence-electron chi connectivity index (χ3n) is 2.94. The summed E-state index contributed by atoms with van der Waals surface area (Å²) in [6.07, 6.45) is 5.81. The molecule has 0 bridgehead atoms. The number of ether oxygens (including phenoxy) is 2. The first-order valence-corrected chi connectivity index (χ1v) is 6.48. The van der Waals surface area contributed by atoms with Crippen LogP contribution < -0.4 is 14.8 Å². The molecule has 1 N–H and O–H groups in total. The van der Waals surface area contributed by atoms with Crippen LogP contribution >= 0.6 is 0 Å². The van der Waals surface area contributed by atoms with E-state index in [4.69, 9.17) is 9.47 Å². The number of rotatable bonds is 6. The summed E-state index contributed by atoms with van der Waals surface area (Å²) in [5.41, 5.74) is 1.54. The van der Waals surface area contributed by atoms with E-state index in [0.29, 0.717) is 30.0 Å². The van der Waals surface area contributed by atoms with Gasteiger partial charge in [-0.15, -0.1) is 0 Å². The van der Waals surface area contributed by atoms with Gasteiger partial charge in [0.15, 0.2) is 0 Å². The second-order valence-electron chi connectivity index (χ2n) is 4.36. The van der Waals surface area contributed by atoms with E-state index in [2.05, 4.69) is 15.3 Å². The number of methoxy groups -OCH3 is 2. The molecule has 0 unspecified atom stereocenters. The number of hydrogen-bond acceptors (Lipinski definition) is 5. The van der Waals surface area contributed by atoms with Crippen molar-refractivity contribution in [2.45, 2.75) is 12.8 Å². The van der Waals surface area contributed by atoms with Crippen molar-refractivity contribution in [3.63, 3.8) is 0 Å². The van der Waals surface area contributed by atoms with Gasteiger partial charge < -0.3 is 14.8 Å². The molecule has 1 heterocycles. The van der Waals surface area contributed by atoms with Crippen molar-refractivity contribution in [2.24, 2.45) is 0 Å². The molecule has 0 aliphatic heterocycles. The second kappa shape index (κ2) is 7.23. The van der Waals surface area contributed by atoms with Gasteiger partial charge in [0.05, 0.1) is 19.9 Å². The van der Waals surface area contributed by atoms with Gasteiger partial charge in [-0.25, -0.2) is 9.97 Å². The highest BCUT2D eigenvalue weighted by atomic mass is 16.5. The van der Waals surface area contributed by atoms with Gasteiger partial charge in [0.2, 0.25) is 5.91 Å². The third-order valence-corrected chi connectivity index (χ3v) is 2.94. The van der Waals surface area contributed by atoms with Crippen molar-refractivity contribution < 1.29 is 14.3 Å². The summed E-state index contributed by atoms with van der Waals surface area (Å²) in [6.45, 7) is 0. The Hall–Kier alpha value is -2.63. The van der Waals surface area contributed by atoms with Crippen molar-refractivity contribution in [2.75, 3.05) is 19.5 Å². The van der Waals surface area contributed by atoms with Crippen LogP contribution in [0.15, 0.2) is 36.9 Å². The zero-order valence-corrected chi connectivity index (χ0v) is 12.0. The molecular weight excluding hydrogens is 270 g/mol. The molecule has 6 heteroatoms. The van der Waals surface area contributed by atoms with E-state index < -0.39 is 0 Å². The smallest absolute Gasteiger partial charge is 0.224 e. The van der Waals surface area contributed by atoms with Gasteiger partial charge in [0.25, 0.3) is 0 Å². The molecule has 1 aromatic heterocycles. The number of carbonyl (C=O) groups is 1. The Kier molecular flexibility index (Phi) is 5.09. The lowest BCUT2D eigenvalue weighted by Gasteiger charge is -2.11. The highest BCUT2D eigenvalue weighted by Crippen LogP contribution is 2.29. The van der Waals surface area contributed by atoms with Gasteiger partial charge in [0, 0.05) is 24.9 Å². The maximum absolute atomic E-state index is 12.0. The minimum absolute atomic E-state index is 0.0951. The van der Waals surface area contributed by atoms with Gasteiger partial charge in [-0.2, -0.15) is 0 Å². The van der Waals surface area contributed by atoms with Crippen molar-refractivity contribution >= 4 is 11.6 Å². The van der Waals surface area contributed by atoms with Crippen LogP contribution in [0.5, 0.6) is 11.5 Å². The van der Waals surface area contributed by atoms with Crippen LogP contribution in [0.3, 0.4) is 0 Å². The van der Waals surface area contributed by atoms with Crippen LogP contribution in [0.1, 0.15) is 12.0 Å². The standard InChI is InChI=1S/C15H17N3O3/c1-20-12-4-5-13(14(7-12)21-2)18-15(19)6-3-11-8-16-10-17-9-11/h4-5,7-10H,3,6H2,1-2H3,(H,18,19). The number of carbonyl (C=O) groups excluding carboxylic acids is 1. The number of nitrogens with zero attached hydrogens (tertiary/aromatic N) is 2. The van der Waals surface area contributed by atoms with Crippen molar-refractivity contribution in [1.82, 2.24) is 9.97 Å². The Morgan fingerprint density at radius 2 is 1.95 bits per heavy atom. The Morgan fingerprint density at radius 3 is 2.62 bits per heavy atom. The van der Waals surface area contributed by atoms with E-state index in [-0.39, 0.29) is 5.91 Å². The minimum atomic E-state index is -0.0951. The van der Waals surface area contributed by atoms with Crippen molar-refractivity contribution in [1.29, 1.82) is 0 Å². The molecular formula is C15H17N3O3. The van der Waals surface area contributed by atoms with Crippen molar-refractivity contribution in [3.8, 4) is 11.5 Å². The van der Waals surface area contributed by atoms with Gasteiger partial charge in [-0.1, -0.05) is 0 Å². The predicted octanol–water partition coefficient (Wildman–Crippen LogP) is 2.07. The minimum Gasteiger partial charge on any atom is -0.497 e. The largest absolute Gasteiger partial charge is 0.497 e. The fourth-order valence-corrected chi connectivity index (χ4v) is 1.83. The number of aromatic nitrogens is 2. The zero-order valence-electron chi connectivity index (χ0n) is 12.0. The molecule has 0 fully saturated rings. The van der Waals surface area contributed by atoms with Crippen LogP contribution in [0, 0.1) is 0 Å². The van der Waals surface area contributed by atoms with Gasteiger partial charge >= 0.3 is 0 Å². The first-order valence-electron chi connectivity index (χ1n) is 6.48. The lowest BCUT2D eigenvalue weighted by Crippen LogP contribution is -2.13. The molecule has 0 spiro atoms. The highest BCUT2D eigenvalue weighted by Gasteiger charge is 2.09.